The molecule has 0 spiro atoms. The van der Waals surface area contributed by atoms with Crippen LogP contribution in [0, 0.1) is 11.8 Å². The van der Waals surface area contributed by atoms with E-state index in [0.29, 0.717) is 6.42 Å². The van der Waals surface area contributed by atoms with E-state index in [4.69, 9.17) is 0 Å². The molecule has 1 heterocycles. The van der Waals surface area contributed by atoms with Crippen molar-refractivity contribution < 1.29 is 14.7 Å². The van der Waals surface area contributed by atoms with Gasteiger partial charge in [-0.2, -0.15) is 0 Å². The highest BCUT2D eigenvalue weighted by Gasteiger charge is 2.32. The molecule has 0 bridgehead atoms. The van der Waals surface area contributed by atoms with Crippen molar-refractivity contribution in [2.45, 2.75) is 64.3 Å². The number of amides is 2. The first-order chi connectivity index (χ1) is 10.1. The van der Waals surface area contributed by atoms with Gasteiger partial charge in [-0.3, -0.25) is 4.79 Å². The minimum absolute atomic E-state index is 0.0669. The summed E-state index contributed by atoms with van der Waals surface area (Å²) in [6.45, 7) is 3.80. The van der Waals surface area contributed by atoms with Crippen molar-refractivity contribution >= 4 is 12.0 Å². The molecule has 2 N–H and O–H groups in total. The maximum atomic E-state index is 12.4. The molecule has 1 aliphatic carbocycles. The lowest BCUT2D eigenvalue weighted by Gasteiger charge is -2.33. The molecule has 2 aliphatic rings. The molecule has 0 aromatic rings. The number of rotatable bonds is 3. The van der Waals surface area contributed by atoms with Crippen molar-refractivity contribution in [3.05, 3.63) is 0 Å². The van der Waals surface area contributed by atoms with E-state index in [9.17, 15) is 14.7 Å². The fourth-order valence-corrected chi connectivity index (χ4v) is 3.57. The van der Waals surface area contributed by atoms with Gasteiger partial charge < -0.3 is 15.3 Å². The van der Waals surface area contributed by atoms with Crippen LogP contribution in [0.15, 0.2) is 0 Å². The minimum atomic E-state index is -0.771. The second kappa shape index (κ2) is 7.66. The topological polar surface area (TPSA) is 69.6 Å². The molecule has 2 atom stereocenters. The second-order valence-corrected chi connectivity index (χ2v) is 6.48. The summed E-state index contributed by atoms with van der Waals surface area (Å²) in [4.78, 5) is 25.6. The summed E-state index contributed by atoms with van der Waals surface area (Å²) >= 11 is 0. The monoisotopic (exact) mass is 296 g/mol. The number of carboxylic acids is 1. The maximum absolute atomic E-state index is 12.4. The third-order valence-corrected chi connectivity index (χ3v) is 5.12. The Kier molecular flexibility index (Phi) is 5.88. The molecule has 1 saturated carbocycles. The van der Waals surface area contributed by atoms with Crippen LogP contribution in [0.1, 0.15) is 58.3 Å². The lowest BCUT2D eigenvalue weighted by Crippen LogP contribution is -2.50. The summed E-state index contributed by atoms with van der Waals surface area (Å²) < 4.78 is 0. The van der Waals surface area contributed by atoms with E-state index in [-0.39, 0.29) is 12.1 Å². The number of aliphatic carboxylic acids is 1. The van der Waals surface area contributed by atoms with Crippen molar-refractivity contribution in [2.24, 2.45) is 11.8 Å². The first-order valence-corrected chi connectivity index (χ1v) is 8.40. The van der Waals surface area contributed by atoms with E-state index in [1.807, 2.05) is 4.90 Å². The lowest BCUT2D eigenvalue weighted by atomic mass is 9.94. The zero-order chi connectivity index (χ0) is 15.2. The zero-order valence-electron chi connectivity index (χ0n) is 13.0. The van der Waals surface area contributed by atoms with Crippen molar-refractivity contribution in [1.82, 2.24) is 10.2 Å². The Bertz CT molecular complexity index is 365. The van der Waals surface area contributed by atoms with E-state index in [1.165, 1.54) is 6.42 Å². The largest absolute Gasteiger partial charge is 0.481 e. The summed E-state index contributed by atoms with van der Waals surface area (Å²) in [6, 6.07) is -0.274. The van der Waals surface area contributed by atoms with Gasteiger partial charge in [0.05, 0.1) is 5.92 Å². The Labute approximate surface area is 127 Å². The average Bonchev–Trinajstić information content (AvgIpc) is 2.72. The third-order valence-electron chi connectivity index (χ3n) is 5.12. The molecule has 2 amide bonds. The van der Waals surface area contributed by atoms with Gasteiger partial charge in [0.1, 0.15) is 0 Å². The summed E-state index contributed by atoms with van der Waals surface area (Å²) in [5.74, 6) is -0.463. The van der Waals surface area contributed by atoms with Crippen molar-refractivity contribution in [3.8, 4) is 0 Å². The van der Waals surface area contributed by atoms with Gasteiger partial charge in [0, 0.05) is 19.1 Å². The summed E-state index contributed by atoms with van der Waals surface area (Å²) in [5, 5.41) is 12.4. The number of nitrogens with zero attached hydrogens (tertiary/aromatic N) is 1. The fraction of sp³-hybridized carbons (Fsp3) is 0.875. The molecule has 1 saturated heterocycles. The van der Waals surface area contributed by atoms with Crippen LogP contribution in [0.3, 0.4) is 0 Å². The molecule has 5 nitrogen and oxygen atoms in total. The van der Waals surface area contributed by atoms with E-state index < -0.39 is 11.9 Å². The number of carboxylic acid groups (broad SMARTS) is 1. The number of urea groups is 1. The van der Waals surface area contributed by atoms with E-state index in [0.717, 1.165) is 57.5 Å². The molecule has 2 unspecified atom stereocenters. The van der Waals surface area contributed by atoms with E-state index >= 15 is 0 Å². The van der Waals surface area contributed by atoms with Gasteiger partial charge in [-0.1, -0.05) is 32.6 Å². The molecule has 2 fully saturated rings. The van der Waals surface area contributed by atoms with Crippen LogP contribution in [0.4, 0.5) is 4.79 Å². The Morgan fingerprint density at radius 1 is 1.10 bits per heavy atom. The van der Waals surface area contributed by atoms with Gasteiger partial charge in [0.25, 0.3) is 0 Å². The average molecular weight is 296 g/mol. The molecular formula is C16H28N2O3. The molecular weight excluding hydrogens is 268 g/mol. The number of piperidine rings is 1. The highest BCUT2D eigenvalue weighted by Crippen LogP contribution is 2.25. The first kappa shape index (κ1) is 16.1. The summed E-state index contributed by atoms with van der Waals surface area (Å²) in [6.07, 6.45) is 7.80. The Balaban J connectivity index is 1.89. The van der Waals surface area contributed by atoms with Crippen molar-refractivity contribution in [2.75, 3.05) is 13.1 Å². The SMILES string of the molecule is CCC1CCN(C(=O)NC2CCCCCC2C(=O)O)CC1. The van der Waals surface area contributed by atoms with Gasteiger partial charge in [-0.15, -0.1) is 0 Å². The molecule has 21 heavy (non-hydrogen) atoms. The summed E-state index contributed by atoms with van der Waals surface area (Å²) in [7, 11) is 0. The second-order valence-electron chi connectivity index (χ2n) is 6.48. The van der Waals surface area contributed by atoms with E-state index in [1.54, 1.807) is 0 Å². The number of likely N-dealkylation sites (tertiary alicyclic amines) is 1. The predicted octanol–water partition coefficient (Wildman–Crippen LogP) is 2.85. The number of hydrogen-bond acceptors (Lipinski definition) is 2. The van der Waals surface area contributed by atoms with Crippen LogP contribution in [-0.4, -0.2) is 41.1 Å². The molecule has 0 radical (unpaired) electrons. The van der Waals surface area contributed by atoms with Gasteiger partial charge >= 0.3 is 12.0 Å². The van der Waals surface area contributed by atoms with Gasteiger partial charge in [-0.25, -0.2) is 4.79 Å². The summed E-state index contributed by atoms with van der Waals surface area (Å²) in [5.41, 5.74) is 0. The number of hydrogen-bond donors (Lipinski definition) is 2. The Morgan fingerprint density at radius 3 is 2.38 bits per heavy atom. The molecule has 5 heteroatoms. The van der Waals surface area contributed by atoms with E-state index in [2.05, 4.69) is 12.2 Å². The fourth-order valence-electron chi connectivity index (χ4n) is 3.57. The minimum Gasteiger partial charge on any atom is -0.481 e. The highest BCUT2D eigenvalue weighted by atomic mass is 16.4. The van der Waals surface area contributed by atoms with Crippen LogP contribution in [0.5, 0.6) is 0 Å². The standard InChI is InChI=1S/C16H28N2O3/c1-2-12-8-10-18(11-9-12)16(21)17-14-7-5-3-4-6-13(14)15(19)20/h12-14H,2-11H2,1H3,(H,17,21)(H,19,20). The van der Waals surface area contributed by atoms with Crippen molar-refractivity contribution in [1.29, 1.82) is 0 Å². The van der Waals surface area contributed by atoms with Crippen LogP contribution in [0.25, 0.3) is 0 Å². The van der Waals surface area contributed by atoms with Crippen molar-refractivity contribution in [3.63, 3.8) is 0 Å². The van der Waals surface area contributed by atoms with Crippen LogP contribution in [0.2, 0.25) is 0 Å². The predicted molar refractivity (Wildman–Crippen MR) is 81.1 cm³/mol. The number of nitrogens with one attached hydrogen (secondary N) is 1. The van der Waals surface area contributed by atoms with Gasteiger partial charge in [-0.05, 0) is 31.6 Å². The Morgan fingerprint density at radius 2 is 1.76 bits per heavy atom. The van der Waals surface area contributed by atoms with Crippen LogP contribution < -0.4 is 5.32 Å². The van der Waals surface area contributed by atoms with Crippen LogP contribution >= 0.6 is 0 Å². The maximum Gasteiger partial charge on any atom is 0.317 e. The quantitative estimate of drug-likeness (QED) is 0.787. The van der Waals surface area contributed by atoms with Gasteiger partial charge in [0.2, 0.25) is 0 Å². The zero-order valence-corrected chi connectivity index (χ0v) is 13.0. The first-order valence-electron chi connectivity index (χ1n) is 8.40. The molecule has 0 aromatic carbocycles. The molecule has 120 valence electrons. The lowest BCUT2D eigenvalue weighted by molar-refractivity contribution is -0.142. The smallest absolute Gasteiger partial charge is 0.317 e. The molecule has 0 aromatic heterocycles. The molecule has 1 aliphatic heterocycles. The number of carbonyl (C=O) groups is 2. The van der Waals surface area contributed by atoms with Gasteiger partial charge in [0.15, 0.2) is 0 Å². The Hall–Kier alpha value is -1.26. The molecule has 2 rings (SSSR count). The van der Waals surface area contributed by atoms with Crippen LogP contribution in [-0.2, 0) is 4.79 Å². The normalized spacial score (nSPS) is 28.0. The number of carbonyl (C=O) groups excluding carboxylic acids is 1. The third kappa shape index (κ3) is 4.35. The highest BCUT2D eigenvalue weighted by molar-refractivity contribution is 5.77.